The van der Waals surface area contributed by atoms with Gasteiger partial charge < -0.3 is 25.5 Å². The second-order valence-corrected chi connectivity index (χ2v) is 9.11. The van der Waals surface area contributed by atoms with E-state index < -0.39 is 5.60 Å². The van der Waals surface area contributed by atoms with E-state index in [4.69, 9.17) is 15.5 Å². The quantitative estimate of drug-likeness (QED) is 0.538. The minimum atomic E-state index is -0.874. The van der Waals surface area contributed by atoms with Crippen molar-refractivity contribution in [1.82, 2.24) is 19.9 Å². The van der Waals surface area contributed by atoms with Crippen LogP contribution in [-0.2, 0) is 13.0 Å². The van der Waals surface area contributed by atoms with Crippen molar-refractivity contribution >= 4 is 16.9 Å². The summed E-state index contributed by atoms with van der Waals surface area (Å²) >= 11 is 0. The van der Waals surface area contributed by atoms with Crippen LogP contribution in [0.25, 0.3) is 11.0 Å². The van der Waals surface area contributed by atoms with Crippen LogP contribution < -0.4 is 15.8 Å². The van der Waals surface area contributed by atoms with Gasteiger partial charge in [0.1, 0.15) is 16.9 Å². The molecule has 0 bridgehead atoms. The summed E-state index contributed by atoms with van der Waals surface area (Å²) in [6.45, 7) is 14.1. The number of aliphatic hydroxyl groups is 1. The number of unbranched alkanes of at least 4 members (excludes halogenated alkanes) is 1. The zero-order valence-electron chi connectivity index (χ0n) is 18.3. The summed E-state index contributed by atoms with van der Waals surface area (Å²) in [7, 11) is 0. The Bertz CT molecular complexity index is 772. The van der Waals surface area contributed by atoms with Crippen molar-refractivity contribution in [3.8, 4) is 5.75 Å². The first-order valence-electron chi connectivity index (χ1n) is 10.3. The summed E-state index contributed by atoms with van der Waals surface area (Å²) in [6.07, 6.45) is 5.48. The minimum absolute atomic E-state index is 0.0928. The molecule has 0 fully saturated rings. The third-order valence-corrected chi connectivity index (χ3v) is 4.38. The van der Waals surface area contributed by atoms with Gasteiger partial charge in [0, 0.05) is 12.0 Å². The van der Waals surface area contributed by atoms with E-state index in [2.05, 4.69) is 38.0 Å². The standard InChI is InChI=1S/C21H37N5O2/c1-7-8-10-16-25-17-18(26(16)14-21(5,6)27)15(13-23-19(17)22)28-12-9-11-24-20(2,3)4/h13,24,27H,7-12,14H2,1-6H3,(H2,22,23). The molecule has 2 aromatic rings. The molecule has 2 rings (SSSR count). The summed E-state index contributed by atoms with van der Waals surface area (Å²) in [5.41, 5.74) is 6.80. The van der Waals surface area contributed by atoms with Crippen molar-refractivity contribution in [3.05, 3.63) is 12.0 Å². The number of anilines is 1. The third kappa shape index (κ3) is 6.34. The molecule has 7 heteroatoms. The lowest BCUT2D eigenvalue weighted by atomic mass is 10.1. The van der Waals surface area contributed by atoms with E-state index >= 15 is 0 Å². The number of nitrogen functional groups attached to an aromatic ring is 1. The van der Waals surface area contributed by atoms with Gasteiger partial charge in [-0.1, -0.05) is 13.3 Å². The lowest BCUT2D eigenvalue weighted by molar-refractivity contribution is 0.0617. The molecule has 7 nitrogen and oxygen atoms in total. The molecule has 28 heavy (non-hydrogen) atoms. The van der Waals surface area contributed by atoms with E-state index in [1.165, 1.54) is 0 Å². The Morgan fingerprint density at radius 3 is 2.54 bits per heavy atom. The molecular weight excluding hydrogens is 354 g/mol. The highest BCUT2D eigenvalue weighted by atomic mass is 16.5. The number of nitrogens with zero attached hydrogens (tertiary/aromatic N) is 3. The van der Waals surface area contributed by atoms with Gasteiger partial charge in [-0.2, -0.15) is 0 Å². The zero-order valence-corrected chi connectivity index (χ0v) is 18.3. The van der Waals surface area contributed by atoms with Gasteiger partial charge in [-0.3, -0.25) is 0 Å². The van der Waals surface area contributed by atoms with Gasteiger partial charge in [0.05, 0.1) is 24.9 Å². The normalized spacial score (nSPS) is 12.7. The lowest BCUT2D eigenvalue weighted by Crippen LogP contribution is -2.36. The van der Waals surface area contributed by atoms with Crippen LogP contribution in [0.2, 0.25) is 0 Å². The van der Waals surface area contributed by atoms with Gasteiger partial charge >= 0.3 is 0 Å². The Labute approximate surface area is 168 Å². The second-order valence-electron chi connectivity index (χ2n) is 9.11. The van der Waals surface area contributed by atoms with E-state index in [1.807, 2.05) is 4.57 Å². The fourth-order valence-electron chi connectivity index (χ4n) is 3.08. The Balaban J connectivity index is 2.29. The molecule has 158 valence electrons. The number of rotatable bonds is 10. The smallest absolute Gasteiger partial charge is 0.163 e. The van der Waals surface area contributed by atoms with Crippen LogP contribution in [0.4, 0.5) is 5.82 Å². The van der Waals surface area contributed by atoms with Crippen LogP contribution in [-0.4, -0.2) is 43.9 Å². The number of aromatic nitrogens is 3. The monoisotopic (exact) mass is 391 g/mol. The number of ether oxygens (including phenoxy) is 1. The average Bonchev–Trinajstić information content (AvgIpc) is 2.91. The third-order valence-electron chi connectivity index (χ3n) is 4.38. The van der Waals surface area contributed by atoms with Crippen molar-refractivity contribution in [1.29, 1.82) is 0 Å². The average molecular weight is 392 g/mol. The molecular formula is C21H37N5O2. The van der Waals surface area contributed by atoms with Crippen LogP contribution in [0.15, 0.2) is 6.20 Å². The predicted octanol–water partition coefficient (Wildman–Crippen LogP) is 3.28. The second kappa shape index (κ2) is 9.09. The van der Waals surface area contributed by atoms with E-state index in [9.17, 15) is 5.11 Å². The number of fused-ring (bicyclic) bond motifs is 1. The summed E-state index contributed by atoms with van der Waals surface area (Å²) in [4.78, 5) is 9.02. The highest BCUT2D eigenvalue weighted by Crippen LogP contribution is 2.31. The highest BCUT2D eigenvalue weighted by Gasteiger charge is 2.23. The molecule has 0 saturated heterocycles. The Kier molecular flexibility index (Phi) is 7.28. The number of nitrogens with two attached hydrogens (primary N) is 1. The zero-order chi connectivity index (χ0) is 20.9. The summed E-state index contributed by atoms with van der Waals surface area (Å²) in [5.74, 6) is 1.97. The Hall–Kier alpha value is -1.86. The van der Waals surface area contributed by atoms with Gasteiger partial charge in [0.25, 0.3) is 0 Å². The molecule has 0 atom stereocenters. The number of hydrogen-bond donors (Lipinski definition) is 3. The van der Waals surface area contributed by atoms with Gasteiger partial charge in [-0.05, 0) is 54.0 Å². The molecule has 0 radical (unpaired) electrons. The summed E-state index contributed by atoms with van der Waals surface area (Å²) in [5, 5.41) is 13.9. The number of nitrogens with one attached hydrogen (secondary N) is 1. The fourth-order valence-corrected chi connectivity index (χ4v) is 3.08. The van der Waals surface area contributed by atoms with Gasteiger partial charge in [0.15, 0.2) is 11.6 Å². The summed E-state index contributed by atoms with van der Waals surface area (Å²) in [6, 6.07) is 0. The Morgan fingerprint density at radius 1 is 1.21 bits per heavy atom. The summed E-state index contributed by atoms with van der Waals surface area (Å²) < 4.78 is 8.11. The topological polar surface area (TPSA) is 98.2 Å². The molecule has 2 aromatic heterocycles. The molecule has 4 N–H and O–H groups in total. The van der Waals surface area contributed by atoms with Crippen molar-refractivity contribution in [2.45, 2.75) is 84.9 Å². The molecule has 0 aliphatic rings. The van der Waals surface area contributed by atoms with Crippen LogP contribution in [0.3, 0.4) is 0 Å². The van der Waals surface area contributed by atoms with E-state index in [0.29, 0.717) is 30.2 Å². The van der Waals surface area contributed by atoms with Crippen LogP contribution in [0.5, 0.6) is 5.75 Å². The van der Waals surface area contributed by atoms with Crippen LogP contribution >= 0.6 is 0 Å². The van der Waals surface area contributed by atoms with E-state index in [-0.39, 0.29) is 5.54 Å². The fraction of sp³-hybridized carbons (Fsp3) is 0.714. The molecule has 0 aliphatic carbocycles. The maximum Gasteiger partial charge on any atom is 0.163 e. The number of aryl methyl sites for hydroxylation is 1. The van der Waals surface area contributed by atoms with Crippen LogP contribution in [0.1, 0.15) is 66.6 Å². The van der Waals surface area contributed by atoms with Crippen molar-refractivity contribution in [2.24, 2.45) is 0 Å². The molecule has 0 aromatic carbocycles. The number of pyridine rings is 1. The maximum absolute atomic E-state index is 10.4. The SMILES string of the molecule is CCCCc1nc2c(N)ncc(OCCCNC(C)(C)C)c2n1CC(C)(C)O. The minimum Gasteiger partial charge on any atom is -0.490 e. The predicted molar refractivity (Wildman–Crippen MR) is 115 cm³/mol. The molecule has 0 unspecified atom stereocenters. The largest absolute Gasteiger partial charge is 0.490 e. The molecule has 0 aliphatic heterocycles. The molecule has 0 spiro atoms. The van der Waals surface area contributed by atoms with Crippen molar-refractivity contribution in [3.63, 3.8) is 0 Å². The molecule has 2 heterocycles. The van der Waals surface area contributed by atoms with E-state index in [0.717, 1.165) is 43.6 Å². The van der Waals surface area contributed by atoms with Gasteiger partial charge in [-0.15, -0.1) is 0 Å². The first-order chi connectivity index (χ1) is 13.0. The van der Waals surface area contributed by atoms with Gasteiger partial charge in [0.2, 0.25) is 0 Å². The number of imidazole rings is 1. The maximum atomic E-state index is 10.4. The lowest BCUT2D eigenvalue weighted by Gasteiger charge is -2.21. The van der Waals surface area contributed by atoms with Crippen molar-refractivity contribution in [2.75, 3.05) is 18.9 Å². The first kappa shape index (κ1) is 22.4. The first-order valence-corrected chi connectivity index (χ1v) is 10.3. The number of hydrogen-bond acceptors (Lipinski definition) is 6. The highest BCUT2D eigenvalue weighted by molar-refractivity contribution is 5.90. The van der Waals surface area contributed by atoms with Crippen molar-refractivity contribution < 1.29 is 9.84 Å². The molecule has 0 saturated carbocycles. The molecule has 0 amide bonds. The van der Waals surface area contributed by atoms with Gasteiger partial charge in [-0.25, -0.2) is 9.97 Å². The van der Waals surface area contributed by atoms with E-state index in [1.54, 1.807) is 20.0 Å². The Morgan fingerprint density at radius 2 is 1.93 bits per heavy atom. The van der Waals surface area contributed by atoms with Crippen LogP contribution in [0, 0.1) is 0 Å².